The summed E-state index contributed by atoms with van der Waals surface area (Å²) in [6.07, 6.45) is 0.363. The molecule has 11 nitrogen and oxygen atoms in total. The molecule has 0 amide bonds. The Morgan fingerprint density at radius 3 is 2.05 bits per heavy atom. The van der Waals surface area contributed by atoms with E-state index in [2.05, 4.69) is 0 Å². The van der Waals surface area contributed by atoms with Crippen molar-refractivity contribution in [3.8, 4) is 0 Å². The molecule has 0 bridgehead atoms. The highest BCUT2D eigenvalue weighted by atomic mass is 28.5. The zero-order chi connectivity index (χ0) is 16.5. The van der Waals surface area contributed by atoms with E-state index in [4.69, 9.17) is 21.8 Å². The molecule has 0 saturated heterocycles. The summed E-state index contributed by atoms with van der Waals surface area (Å²) in [5, 5.41) is 21.7. The largest absolute Gasteiger partial charge is 0.740 e. The van der Waals surface area contributed by atoms with Crippen LogP contribution in [0.3, 0.4) is 0 Å². The molecule has 21 heavy (non-hydrogen) atoms. The van der Waals surface area contributed by atoms with E-state index in [1.807, 2.05) is 0 Å². The fourth-order valence-electron chi connectivity index (χ4n) is 1.48. The third-order valence-electron chi connectivity index (χ3n) is 2.77. The topological polar surface area (TPSA) is 132 Å². The maximum Gasteiger partial charge on any atom is 0.671 e. The molecule has 0 aromatic heterocycles. The molecular weight excluding hydrogens is 322 g/mol. The van der Waals surface area contributed by atoms with E-state index in [0.29, 0.717) is 6.42 Å². The Balaban J connectivity index is 4.53. The first-order valence-corrected chi connectivity index (χ1v) is 9.68. The monoisotopic (exact) mass is 346 g/mol. The van der Waals surface area contributed by atoms with Crippen LogP contribution in [0.4, 0.5) is 0 Å². The molecule has 0 aromatic rings. The predicted octanol–water partition coefficient (Wildman–Crippen LogP) is -2.42. The maximum absolute atomic E-state index is 11.0. The van der Waals surface area contributed by atoms with Crippen LogP contribution in [0.2, 0.25) is 6.04 Å². The first-order valence-electron chi connectivity index (χ1n) is 6.08. The van der Waals surface area contributed by atoms with E-state index in [0.717, 1.165) is 0 Å². The van der Waals surface area contributed by atoms with Crippen molar-refractivity contribution in [2.75, 3.05) is 42.0 Å². The maximum atomic E-state index is 11.0. The van der Waals surface area contributed by atoms with E-state index in [9.17, 15) is 15.2 Å². The SMILES string of the molecule is CO[Si](O)(CCCN(C)[NH+]([O-])N[O-])O[Si](OC)(OC)OC. The van der Waals surface area contributed by atoms with Crippen molar-refractivity contribution in [2.24, 2.45) is 0 Å². The van der Waals surface area contributed by atoms with Crippen molar-refractivity contribution in [1.29, 1.82) is 0 Å². The first-order chi connectivity index (χ1) is 9.81. The molecule has 13 heteroatoms. The molecule has 0 heterocycles. The quantitative estimate of drug-likeness (QED) is 0.259. The van der Waals surface area contributed by atoms with Gasteiger partial charge in [-0.1, -0.05) is 0 Å². The molecule has 0 spiro atoms. The number of rotatable bonds is 12. The summed E-state index contributed by atoms with van der Waals surface area (Å²) in [5.41, 5.74) is 1.26. The average molecular weight is 346 g/mol. The third kappa shape index (κ3) is 6.74. The summed E-state index contributed by atoms with van der Waals surface area (Å²) in [4.78, 5) is 10.4. The van der Waals surface area contributed by atoms with Crippen LogP contribution in [0.1, 0.15) is 6.42 Å². The zero-order valence-corrected chi connectivity index (χ0v) is 14.9. The summed E-state index contributed by atoms with van der Waals surface area (Å²) in [7, 11) is -0.225. The molecule has 0 saturated carbocycles. The van der Waals surface area contributed by atoms with Gasteiger partial charge in [-0.15, -0.1) is 5.01 Å². The van der Waals surface area contributed by atoms with Gasteiger partial charge in [0.1, 0.15) is 0 Å². The van der Waals surface area contributed by atoms with Crippen molar-refractivity contribution in [3.05, 3.63) is 10.4 Å². The molecule has 0 radical (unpaired) electrons. The number of nitrogens with one attached hydrogen (secondary N) is 2. The van der Waals surface area contributed by atoms with E-state index < -0.39 is 23.1 Å². The summed E-state index contributed by atoms with van der Waals surface area (Å²) in [5.74, 6) is 0. The van der Waals surface area contributed by atoms with Gasteiger partial charge in [0.15, 0.2) is 0 Å². The van der Waals surface area contributed by atoms with Crippen molar-refractivity contribution in [1.82, 2.24) is 10.6 Å². The fourth-order valence-corrected chi connectivity index (χ4v) is 6.10. The summed E-state index contributed by atoms with van der Waals surface area (Å²) < 4.78 is 25.7. The molecule has 0 aromatic carbocycles. The average Bonchev–Trinajstić information content (AvgIpc) is 2.51. The molecule has 128 valence electrons. The Morgan fingerprint density at radius 2 is 1.67 bits per heavy atom. The number of hydrogen-bond donors (Lipinski definition) is 3. The second kappa shape index (κ2) is 9.90. The molecule has 0 fully saturated rings. The lowest BCUT2D eigenvalue weighted by atomic mass is 10.5. The molecule has 0 aliphatic rings. The predicted molar refractivity (Wildman–Crippen MR) is 75.7 cm³/mol. The Labute approximate surface area is 126 Å². The number of hydrogen-bond acceptors (Lipinski definition) is 10. The summed E-state index contributed by atoms with van der Waals surface area (Å²) in [6, 6.07) is 0.144. The second-order valence-electron chi connectivity index (χ2n) is 4.06. The van der Waals surface area contributed by atoms with Gasteiger partial charge in [-0.3, -0.25) is 0 Å². The molecule has 3 N–H and O–H groups in total. The Kier molecular flexibility index (Phi) is 9.90. The zero-order valence-electron chi connectivity index (χ0n) is 12.9. The second-order valence-corrected chi connectivity index (χ2v) is 9.44. The van der Waals surface area contributed by atoms with Crippen LogP contribution in [0.5, 0.6) is 0 Å². The van der Waals surface area contributed by atoms with Gasteiger partial charge in [0, 0.05) is 48.1 Å². The molecule has 0 rings (SSSR count). The van der Waals surface area contributed by atoms with Crippen LogP contribution >= 0.6 is 0 Å². The Morgan fingerprint density at radius 1 is 1.14 bits per heavy atom. The smallest absolute Gasteiger partial charge is 0.671 e. The third-order valence-corrected chi connectivity index (χ3v) is 8.17. The number of quaternary nitrogens is 1. The van der Waals surface area contributed by atoms with Crippen molar-refractivity contribution in [3.63, 3.8) is 0 Å². The van der Waals surface area contributed by atoms with Gasteiger partial charge in [0.25, 0.3) is 0 Å². The number of nitrogens with zero attached hydrogens (tertiary/aromatic N) is 1. The minimum atomic E-state index is -3.58. The van der Waals surface area contributed by atoms with Crippen molar-refractivity contribution < 1.29 is 31.9 Å². The molecule has 2 unspecified atom stereocenters. The van der Waals surface area contributed by atoms with E-state index >= 15 is 0 Å². The van der Waals surface area contributed by atoms with Crippen LogP contribution in [-0.2, 0) is 21.8 Å². The standard InChI is InChI=1S/C8H24N3O8Si2/c1-10(11(13)9-12)7-6-8-20(14,15-2)19-21(16-3,17-4)18-5/h9,11,14H,6-8H2,1-5H3/q-1. The van der Waals surface area contributed by atoms with Crippen LogP contribution in [0.25, 0.3) is 0 Å². The van der Waals surface area contributed by atoms with E-state index in [-0.39, 0.29) is 12.6 Å². The van der Waals surface area contributed by atoms with Gasteiger partial charge in [0.05, 0.1) is 0 Å². The Bertz CT molecular complexity index is 280. The van der Waals surface area contributed by atoms with Gasteiger partial charge in [-0.25, -0.2) is 10.9 Å². The van der Waals surface area contributed by atoms with Gasteiger partial charge >= 0.3 is 17.9 Å². The van der Waals surface area contributed by atoms with Crippen LogP contribution < -0.4 is 10.9 Å². The highest BCUT2D eigenvalue weighted by Crippen LogP contribution is 2.19. The van der Waals surface area contributed by atoms with Gasteiger partial charge < -0.3 is 37.0 Å². The Hall–Kier alpha value is -0.00623. The van der Waals surface area contributed by atoms with Crippen LogP contribution in [-0.4, -0.2) is 69.7 Å². The lowest BCUT2D eigenvalue weighted by Crippen LogP contribution is -3.19. The minimum Gasteiger partial charge on any atom is -0.740 e. The van der Waals surface area contributed by atoms with Crippen LogP contribution in [0, 0.1) is 10.4 Å². The lowest BCUT2D eigenvalue weighted by Gasteiger charge is -2.33. The minimum absolute atomic E-state index is 0.144. The van der Waals surface area contributed by atoms with E-state index in [1.165, 1.54) is 46.1 Å². The summed E-state index contributed by atoms with van der Waals surface area (Å²) >= 11 is 0. The summed E-state index contributed by atoms with van der Waals surface area (Å²) in [6.45, 7) is 0.248. The normalized spacial score (nSPS) is 17.0. The molecule has 0 aliphatic carbocycles. The van der Waals surface area contributed by atoms with E-state index in [1.54, 1.807) is 0 Å². The highest BCUT2D eigenvalue weighted by Gasteiger charge is 2.52. The van der Waals surface area contributed by atoms with Gasteiger partial charge in [0.2, 0.25) is 0 Å². The molecule has 0 aliphatic heterocycles. The highest BCUT2D eigenvalue weighted by molar-refractivity contribution is 6.71. The first kappa shape index (κ1) is 21.0. The molecular formula is C8H24N3O8Si2-. The van der Waals surface area contributed by atoms with Crippen LogP contribution in [0.15, 0.2) is 0 Å². The lowest BCUT2D eigenvalue weighted by molar-refractivity contribution is -1.00. The van der Waals surface area contributed by atoms with Gasteiger partial charge in [-0.2, -0.15) is 0 Å². The fraction of sp³-hybridized carbons (Fsp3) is 1.00. The molecule has 2 atom stereocenters. The van der Waals surface area contributed by atoms with Crippen molar-refractivity contribution in [2.45, 2.75) is 12.5 Å². The van der Waals surface area contributed by atoms with Gasteiger partial charge in [-0.05, 0) is 6.42 Å². The van der Waals surface area contributed by atoms with Crippen molar-refractivity contribution >= 4 is 17.9 Å².